The summed E-state index contributed by atoms with van der Waals surface area (Å²) < 4.78 is 2.56. The lowest BCUT2D eigenvalue weighted by Crippen LogP contribution is -1.91. The van der Waals surface area contributed by atoms with Crippen molar-refractivity contribution < 1.29 is 5.11 Å². The van der Waals surface area contributed by atoms with Gasteiger partial charge in [-0.05, 0) is 51.7 Å². The zero-order chi connectivity index (χ0) is 17.7. The van der Waals surface area contributed by atoms with E-state index < -0.39 is 0 Å². The molecule has 0 aliphatic heterocycles. The van der Waals surface area contributed by atoms with Crippen LogP contribution in [0.1, 0.15) is 5.56 Å². The average Bonchev–Trinajstić information content (AvgIpc) is 3.06. The summed E-state index contributed by atoms with van der Waals surface area (Å²) in [6, 6.07) is 25.1. The largest absolute Gasteiger partial charge is 0.392 e. The summed E-state index contributed by atoms with van der Waals surface area (Å²) in [6.07, 6.45) is 0. The molecule has 0 spiro atoms. The summed E-state index contributed by atoms with van der Waals surface area (Å²) in [5.41, 5.74) is 3.02. The van der Waals surface area contributed by atoms with Gasteiger partial charge in [0.15, 0.2) is 0 Å². The van der Waals surface area contributed by atoms with Crippen molar-refractivity contribution in [1.82, 2.24) is 0 Å². The Morgan fingerprint density at radius 3 is 2.27 bits per heavy atom. The third kappa shape index (κ3) is 2.34. The molecule has 0 aliphatic carbocycles. The smallest absolute Gasteiger partial charge is 0.0688 e. The number of thiophene rings is 1. The number of rotatable bonds is 2. The zero-order valence-corrected chi connectivity index (χ0v) is 15.4. The first-order valence-electron chi connectivity index (χ1n) is 8.49. The van der Waals surface area contributed by atoms with Gasteiger partial charge in [0, 0.05) is 25.2 Å². The Hall–Kier alpha value is -2.39. The molecular formula is C23H15ClOS. The Bertz CT molecular complexity index is 1290. The minimum Gasteiger partial charge on any atom is -0.392 e. The molecule has 0 bridgehead atoms. The van der Waals surface area contributed by atoms with Crippen molar-refractivity contribution in [2.75, 3.05) is 0 Å². The minimum atomic E-state index is -0.0331. The first-order chi connectivity index (χ1) is 12.8. The number of benzene rings is 4. The first kappa shape index (κ1) is 15.8. The molecule has 0 saturated heterocycles. The fourth-order valence-electron chi connectivity index (χ4n) is 3.77. The number of hydrogen-bond acceptors (Lipinski definition) is 2. The van der Waals surface area contributed by atoms with Crippen molar-refractivity contribution in [1.29, 1.82) is 0 Å². The van der Waals surface area contributed by atoms with Crippen molar-refractivity contribution in [3.05, 3.63) is 83.4 Å². The maximum atomic E-state index is 9.85. The average molecular weight is 375 g/mol. The number of aliphatic hydroxyl groups is 1. The van der Waals surface area contributed by atoms with Gasteiger partial charge in [-0.3, -0.25) is 0 Å². The quantitative estimate of drug-likeness (QED) is 0.352. The van der Waals surface area contributed by atoms with Crippen LogP contribution in [0.2, 0.25) is 5.02 Å². The second-order valence-corrected chi connectivity index (χ2v) is 7.92. The highest BCUT2D eigenvalue weighted by molar-refractivity contribution is 7.26. The molecule has 1 aromatic heterocycles. The molecule has 1 N–H and O–H groups in total. The lowest BCUT2D eigenvalue weighted by atomic mass is 9.92. The summed E-state index contributed by atoms with van der Waals surface area (Å²) in [5, 5.41) is 15.5. The maximum absolute atomic E-state index is 9.85. The zero-order valence-electron chi connectivity index (χ0n) is 13.9. The predicted molar refractivity (Wildman–Crippen MR) is 113 cm³/mol. The molecule has 5 aromatic rings. The standard InChI is InChI=1S/C23H15ClOS/c24-15-9-10-16(14(11-15)13-25)20-12-22-23(18-6-2-1-5-17(18)20)19-7-3-4-8-21(19)26-22/h1-12,25H,13H2. The van der Waals surface area contributed by atoms with Crippen molar-refractivity contribution in [2.24, 2.45) is 0 Å². The fraction of sp³-hybridized carbons (Fsp3) is 0.0435. The third-order valence-corrected chi connectivity index (χ3v) is 6.27. The lowest BCUT2D eigenvalue weighted by Gasteiger charge is -2.13. The van der Waals surface area contributed by atoms with Gasteiger partial charge in [-0.15, -0.1) is 11.3 Å². The second kappa shape index (κ2) is 6.10. The molecule has 0 amide bonds. The van der Waals surface area contributed by atoms with Crippen molar-refractivity contribution in [3.8, 4) is 11.1 Å². The van der Waals surface area contributed by atoms with Gasteiger partial charge in [0.05, 0.1) is 6.61 Å². The normalized spacial score (nSPS) is 11.6. The highest BCUT2D eigenvalue weighted by Crippen LogP contribution is 2.43. The number of fused-ring (bicyclic) bond motifs is 5. The Labute approximate surface area is 160 Å². The lowest BCUT2D eigenvalue weighted by molar-refractivity contribution is 0.282. The van der Waals surface area contributed by atoms with Crippen LogP contribution >= 0.6 is 22.9 Å². The molecule has 4 aromatic carbocycles. The summed E-state index contributed by atoms with van der Waals surface area (Å²) in [7, 11) is 0. The molecule has 5 rings (SSSR count). The SMILES string of the molecule is OCc1cc(Cl)ccc1-c1cc2sc3ccccc3c2c2ccccc12. The molecule has 0 fully saturated rings. The molecular weight excluding hydrogens is 360 g/mol. The molecule has 1 nitrogen and oxygen atoms in total. The molecule has 1 heterocycles. The van der Waals surface area contributed by atoms with E-state index in [4.69, 9.17) is 11.6 Å². The van der Waals surface area contributed by atoms with Crippen LogP contribution in [0.3, 0.4) is 0 Å². The van der Waals surface area contributed by atoms with Crippen LogP contribution in [0, 0.1) is 0 Å². The molecule has 0 aliphatic rings. The molecule has 0 radical (unpaired) electrons. The Balaban J connectivity index is 1.96. The van der Waals surface area contributed by atoms with Crippen molar-refractivity contribution >= 4 is 53.9 Å². The van der Waals surface area contributed by atoms with E-state index in [1.807, 2.05) is 29.5 Å². The summed E-state index contributed by atoms with van der Waals surface area (Å²) in [6.45, 7) is -0.0331. The molecule has 0 unspecified atom stereocenters. The van der Waals surface area contributed by atoms with E-state index in [-0.39, 0.29) is 6.61 Å². The van der Waals surface area contributed by atoms with Gasteiger partial charge < -0.3 is 5.11 Å². The molecule has 126 valence electrons. The van der Waals surface area contributed by atoms with Gasteiger partial charge in [-0.2, -0.15) is 0 Å². The Kier molecular flexibility index (Phi) is 3.71. The monoisotopic (exact) mass is 374 g/mol. The van der Waals surface area contributed by atoms with Crippen LogP contribution < -0.4 is 0 Å². The van der Waals surface area contributed by atoms with Crippen molar-refractivity contribution in [3.63, 3.8) is 0 Å². The van der Waals surface area contributed by atoms with Crippen LogP contribution in [0.25, 0.3) is 42.1 Å². The summed E-state index contributed by atoms with van der Waals surface area (Å²) in [5.74, 6) is 0. The van der Waals surface area contributed by atoms with E-state index in [1.54, 1.807) is 0 Å². The minimum absolute atomic E-state index is 0.0331. The van der Waals surface area contributed by atoms with Crippen LogP contribution in [-0.2, 0) is 6.61 Å². The Morgan fingerprint density at radius 1 is 0.731 bits per heavy atom. The van der Waals surface area contributed by atoms with Gasteiger partial charge in [-0.25, -0.2) is 0 Å². The fourth-order valence-corrected chi connectivity index (χ4v) is 5.12. The van der Waals surface area contributed by atoms with E-state index >= 15 is 0 Å². The van der Waals surface area contributed by atoms with E-state index in [2.05, 4.69) is 54.6 Å². The summed E-state index contributed by atoms with van der Waals surface area (Å²) >= 11 is 7.95. The third-order valence-electron chi connectivity index (χ3n) is 4.91. The van der Waals surface area contributed by atoms with Crippen molar-refractivity contribution in [2.45, 2.75) is 6.61 Å². The first-order valence-corrected chi connectivity index (χ1v) is 9.68. The van der Waals surface area contributed by atoms with E-state index in [0.29, 0.717) is 5.02 Å². The van der Waals surface area contributed by atoms with E-state index in [1.165, 1.54) is 30.9 Å². The predicted octanol–water partition coefficient (Wildman–Crippen LogP) is 7.02. The van der Waals surface area contributed by atoms with Gasteiger partial charge in [0.1, 0.15) is 0 Å². The van der Waals surface area contributed by atoms with Gasteiger partial charge in [0.2, 0.25) is 0 Å². The number of hydrogen-bond donors (Lipinski definition) is 1. The van der Waals surface area contributed by atoms with Gasteiger partial charge in [0.25, 0.3) is 0 Å². The Morgan fingerprint density at radius 2 is 1.46 bits per heavy atom. The number of aliphatic hydroxyl groups excluding tert-OH is 1. The van der Waals surface area contributed by atoms with E-state index in [0.717, 1.165) is 16.7 Å². The number of halogens is 1. The molecule has 26 heavy (non-hydrogen) atoms. The molecule has 3 heteroatoms. The van der Waals surface area contributed by atoms with Gasteiger partial charge in [-0.1, -0.05) is 60.1 Å². The van der Waals surface area contributed by atoms with Crippen LogP contribution in [0.5, 0.6) is 0 Å². The van der Waals surface area contributed by atoms with Crippen LogP contribution in [0.4, 0.5) is 0 Å². The highest BCUT2D eigenvalue weighted by Gasteiger charge is 2.15. The highest BCUT2D eigenvalue weighted by atomic mass is 35.5. The summed E-state index contributed by atoms with van der Waals surface area (Å²) in [4.78, 5) is 0. The van der Waals surface area contributed by atoms with Crippen LogP contribution in [0.15, 0.2) is 72.8 Å². The molecule has 0 saturated carbocycles. The van der Waals surface area contributed by atoms with Crippen LogP contribution in [-0.4, -0.2) is 5.11 Å². The van der Waals surface area contributed by atoms with Gasteiger partial charge >= 0.3 is 0 Å². The second-order valence-electron chi connectivity index (χ2n) is 6.40. The maximum Gasteiger partial charge on any atom is 0.0688 e. The molecule has 0 atom stereocenters. The topological polar surface area (TPSA) is 20.2 Å². The van der Waals surface area contributed by atoms with E-state index in [9.17, 15) is 5.11 Å².